The summed E-state index contributed by atoms with van der Waals surface area (Å²) in [5.41, 5.74) is 1.07. The first-order valence-corrected chi connectivity index (χ1v) is 9.45. The molecule has 0 unspecified atom stereocenters. The number of nitrogens with one attached hydrogen (secondary N) is 2. The van der Waals surface area contributed by atoms with Crippen molar-refractivity contribution in [2.45, 2.75) is 32.8 Å². The standard InChI is InChI=1S/C20H23ClFN3O2/c1-12(2)27-18-6-5-14(22)8-16(18)15-9-19(24-11-17(15)21)25-20(26)13-4-3-7-23-10-13/h5-6,8-9,11-13,23H,3-4,7,10H2,1-2H3,(H,24,25,26)/t13-/m1/s1. The molecule has 1 aromatic carbocycles. The van der Waals surface area contributed by atoms with Crippen LogP contribution >= 0.6 is 11.6 Å². The Morgan fingerprint density at radius 3 is 2.89 bits per heavy atom. The second kappa shape index (κ2) is 8.67. The summed E-state index contributed by atoms with van der Waals surface area (Å²) >= 11 is 6.31. The number of ether oxygens (including phenoxy) is 1. The van der Waals surface area contributed by atoms with Gasteiger partial charge in [-0.1, -0.05) is 11.6 Å². The number of benzene rings is 1. The molecule has 0 saturated carbocycles. The molecule has 2 N–H and O–H groups in total. The van der Waals surface area contributed by atoms with Crippen molar-refractivity contribution in [2.75, 3.05) is 18.4 Å². The topological polar surface area (TPSA) is 63.2 Å². The van der Waals surface area contributed by atoms with Crippen LogP contribution in [0, 0.1) is 11.7 Å². The summed E-state index contributed by atoms with van der Waals surface area (Å²) in [6, 6.07) is 5.94. The van der Waals surface area contributed by atoms with Crippen LogP contribution in [0.15, 0.2) is 30.5 Å². The van der Waals surface area contributed by atoms with Crippen LogP contribution in [0.3, 0.4) is 0 Å². The minimum atomic E-state index is -0.396. The van der Waals surface area contributed by atoms with E-state index in [9.17, 15) is 9.18 Å². The van der Waals surface area contributed by atoms with Crippen molar-refractivity contribution >= 4 is 23.3 Å². The number of rotatable bonds is 5. The lowest BCUT2D eigenvalue weighted by Gasteiger charge is -2.22. The maximum absolute atomic E-state index is 13.9. The van der Waals surface area contributed by atoms with E-state index < -0.39 is 5.82 Å². The Morgan fingerprint density at radius 2 is 2.19 bits per heavy atom. The second-order valence-electron chi connectivity index (χ2n) is 6.89. The number of piperidine rings is 1. The maximum Gasteiger partial charge on any atom is 0.229 e. The van der Waals surface area contributed by atoms with Gasteiger partial charge in [0.25, 0.3) is 0 Å². The van der Waals surface area contributed by atoms with Crippen LogP contribution in [0.4, 0.5) is 10.2 Å². The first kappa shape index (κ1) is 19.6. The van der Waals surface area contributed by atoms with Crippen molar-refractivity contribution in [2.24, 2.45) is 5.92 Å². The van der Waals surface area contributed by atoms with E-state index in [1.807, 2.05) is 13.8 Å². The van der Waals surface area contributed by atoms with Gasteiger partial charge in [0.15, 0.2) is 0 Å². The molecule has 1 aliphatic rings. The Labute approximate surface area is 163 Å². The Bertz CT molecular complexity index is 823. The quantitative estimate of drug-likeness (QED) is 0.799. The zero-order chi connectivity index (χ0) is 19.4. The summed E-state index contributed by atoms with van der Waals surface area (Å²) in [6.07, 6.45) is 3.19. The molecule has 1 amide bonds. The number of halogens is 2. The molecule has 27 heavy (non-hydrogen) atoms. The fourth-order valence-corrected chi connectivity index (χ4v) is 3.29. The van der Waals surface area contributed by atoms with Gasteiger partial charge in [0.1, 0.15) is 17.4 Å². The van der Waals surface area contributed by atoms with E-state index in [1.165, 1.54) is 18.3 Å². The monoisotopic (exact) mass is 391 g/mol. The molecule has 0 spiro atoms. The largest absolute Gasteiger partial charge is 0.490 e. The molecule has 1 saturated heterocycles. The highest BCUT2D eigenvalue weighted by molar-refractivity contribution is 6.33. The first-order valence-electron chi connectivity index (χ1n) is 9.07. The second-order valence-corrected chi connectivity index (χ2v) is 7.30. The van der Waals surface area contributed by atoms with Gasteiger partial charge in [-0.3, -0.25) is 4.79 Å². The highest BCUT2D eigenvalue weighted by Gasteiger charge is 2.22. The van der Waals surface area contributed by atoms with Gasteiger partial charge in [0.2, 0.25) is 5.91 Å². The fourth-order valence-electron chi connectivity index (χ4n) is 3.09. The number of pyridine rings is 1. The van der Waals surface area contributed by atoms with Gasteiger partial charge in [-0.2, -0.15) is 0 Å². The molecule has 1 aliphatic heterocycles. The molecule has 2 heterocycles. The van der Waals surface area contributed by atoms with Gasteiger partial charge in [-0.05, 0) is 57.5 Å². The Hall–Kier alpha value is -2.18. The average Bonchev–Trinajstić information content (AvgIpc) is 2.65. The van der Waals surface area contributed by atoms with Gasteiger partial charge in [-0.15, -0.1) is 0 Å². The third-order valence-electron chi connectivity index (χ3n) is 4.37. The van der Waals surface area contributed by atoms with Crippen molar-refractivity contribution in [1.29, 1.82) is 0 Å². The first-order chi connectivity index (χ1) is 12.9. The Kier molecular flexibility index (Phi) is 6.29. The van der Waals surface area contributed by atoms with Crippen LogP contribution in [0.5, 0.6) is 5.75 Å². The number of carbonyl (C=O) groups is 1. The molecule has 0 bridgehead atoms. The molecular weight excluding hydrogens is 369 g/mol. The number of carbonyl (C=O) groups excluding carboxylic acids is 1. The van der Waals surface area contributed by atoms with Crippen LogP contribution in [-0.2, 0) is 4.79 Å². The van der Waals surface area contributed by atoms with Crippen molar-refractivity contribution in [3.63, 3.8) is 0 Å². The lowest BCUT2D eigenvalue weighted by Crippen LogP contribution is -2.37. The molecule has 1 aromatic heterocycles. The number of anilines is 1. The summed E-state index contributed by atoms with van der Waals surface area (Å²) in [6.45, 7) is 5.38. The lowest BCUT2D eigenvalue weighted by atomic mass is 9.99. The van der Waals surface area contributed by atoms with E-state index >= 15 is 0 Å². The number of aromatic nitrogens is 1. The molecule has 0 radical (unpaired) electrons. The zero-order valence-corrected chi connectivity index (χ0v) is 16.1. The van der Waals surface area contributed by atoms with Gasteiger partial charge in [-0.25, -0.2) is 9.37 Å². The van der Waals surface area contributed by atoms with Crippen LogP contribution in [0.25, 0.3) is 11.1 Å². The summed E-state index contributed by atoms with van der Waals surface area (Å²) in [7, 11) is 0. The van der Waals surface area contributed by atoms with Crippen molar-refractivity contribution < 1.29 is 13.9 Å². The molecule has 2 aromatic rings. The SMILES string of the molecule is CC(C)Oc1ccc(F)cc1-c1cc(NC(=O)[C@@H]2CCCNC2)ncc1Cl. The number of hydrogen-bond donors (Lipinski definition) is 2. The van der Waals surface area contributed by atoms with Crippen molar-refractivity contribution in [1.82, 2.24) is 10.3 Å². The molecular formula is C20H23ClFN3O2. The lowest BCUT2D eigenvalue weighted by molar-refractivity contribution is -0.120. The summed E-state index contributed by atoms with van der Waals surface area (Å²) in [5, 5.41) is 6.41. The minimum Gasteiger partial charge on any atom is -0.490 e. The maximum atomic E-state index is 13.9. The Morgan fingerprint density at radius 1 is 1.37 bits per heavy atom. The Balaban J connectivity index is 1.89. The highest BCUT2D eigenvalue weighted by atomic mass is 35.5. The van der Waals surface area contributed by atoms with Gasteiger partial charge in [0.05, 0.1) is 17.0 Å². The number of hydrogen-bond acceptors (Lipinski definition) is 4. The van der Waals surface area contributed by atoms with Crippen molar-refractivity contribution in [3.05, 3.63) is 41.3 Å². The molecule has 1 fully saturated rings. The molecule has 3 rings (SSSR count). The normalized spacial score (nSPS) is 17.0. The van der Waals surface area contributed by atoms with Gasteiger partial charge in [0, 0.05) is 23.9 Å². The minimum absolute atomic E-state index is 0.0761. The van der Waals surface area contributed by atoms with E-state index in [2.05, 4.69) is 15.6 Å². The summed E-state index contributed by atoms with van der Waals surface area (Å²) in [5.74, 6) is 0.334. The summed E-state index contributed by atoms with van der Waals surface area (Å²) < 4.78 is 19.6. The third kappa shape index (κ3) is 4.96. The van der Waals surface area contributed by atoms with Crippen LogP contribution in [0.2, 0.25) is 5.02 Å². The predicted octanol–water partition coefficient (Wildman–Crippen LogP) is 4.27. The molecule has 7 heteroatoms. The van der Waals surface area contributed by atoms with Crippen LogP contribution in [-0.4, -0.2) is 30.1 Å². The van der Waals surface area contributed by atoms with E-state index in [-0.39, 0.29) is 17.9 Å². The van der Waals surface area contributed by atoms with E-state index in [1.54, 1.807) is 12.1 Å². The molecule has 1 atom stereocenters. The zero-order valence-electron chi connectivity index (χ0n) is 15.4. The molecule has 144 valence electrons. The average molecular weight is 392 g/mol. The number of amides is 1. The van der Waals surface area contributed by atoms with E-state index in [4.69, 9.17) is 16.3 Å². The molecule has 5 nitrogen and oxygen atoms in total. The fraction of sp³-hybridized carbons (Fsp3) is 0.400. The summed E-state index contributed by atoms with van der Waals surface area (Å²) in [4.78, 5) is 16.7. The van der Waals surface area contributed by atoms with E-state index in [0.717, 1.165) is 19.4 Å². The van der Waals surface area contributed by atoms with Gasteiger partial charge < -0.3 is 15.4 Å². The highest BCUT2D eigenvalue weighted by Crippen LogP contribution is 2.37. The van der Waals surface area contributed by atoms with Crippen LogP contribution < -0.4 is 15.4 Å². The van der Waals surface area contributed by atoms with Gasteiger partial charge >= 0.3 is 0 Å². The number of nitrogens with zero attached hydrogens (tertiary/aromatic N) is 1. The van der Waals surface area contributed by atoms with E-state index in [0.29, 0.717) is 34.3 Å². The van der Waals surface area contributed by atoms with Crippen molar-refractivity contribution in [3.8, 4) is 16.9 Å². The molecule has 0 aliphatic carbocycles. The predicted molar refractivity (Wildman–Crippen MR) is 105 cm³/mol. The van der Waals surface area contributed by atoms with Crippen LogP contribution in [0.1, 0.15) is 26.7 Å². The third-order valence-corrected chi connectivity index (χ3v) is 4.67. The smallest absolute Gasteiger partial charge is 0.229 e.